The Kier molecular flexibility index (Phi) is 3.80. The van der Waals surface area contributed by atoms with Crippen LogP contribution in [0.5, 0.6) is 0 Å². The van der Waals surface area contributed by atoms with Crippen molar-refractivity contribution in [2.75, 3.05) is 25.1 Å². The third-order valence-electron chi connectivity index (χ3n) is 3.86. The number of likely N-dealkylation sites (N-methyl/N-ethyl adjacent to an activating group) is 1. The highest BCUT2D eigenvalue weighted by Gasteiger charge is 2.38. The van der Waals surface area contributed by atoms with E-state index < -0.39 is 0 Å². The summed E-state index contributed by atoms with van der Waals surface area (Å²) < 4.78 is 0. The molecule has 2 rings (SSSR count). The molecule has 4 heteroatoms. The minimum absolute atomic E-state index is 0.291. The number of carbonyl (C=O) groups excluding carboxylic acids is 1. The van der Waals surface area contributed by atoms with Crippen LogP contribution in [0.1, 0.15) is 32.6 Å². The van der Waals surface area contributed by atoms with Crippen molar-refractivity contribution in [1.29, 1.82) is 0 Å². The normalized spacial score (nSPS) is 35.0. The average Bonchev–Trinajstić information content (AvgIpc) is 2.81. The first-order chi connectivity index (χ1) is 7.63. The number of nitrogens with zero attached hydrogens (tertiary/aromatic N) is 1. The van der Waals surface area contributed by atoms with Crippen molar-refractivity contribution >= 4 is 17.7 Å². The smallest absolute Gasteiger partial charge is 0.242 e. The summed E-state index contributed by atoms with van der Waals surface area (Å²) in [6.07, 6.45) is 4.51. The zero-order valence-corrected chi connectivity index (χ0v) is 11.1. The standard InChI is InChI=1S/C12H22N2OS/c1-12(6-3-4-7-13-12)11(15)14(2)10-5-8-16-9-10/h10,13H,3-9H2,1-2H3. The maximum atomic E-state index is 12.5. The van der Waals surface area contributed by atoms with E-state index in [4.69, 9.17) is 0 Å². The third kappa shape index (κ3) is 2.38. The van der Waals surface area contributed by atoms with Gasteiger partial charge in [0.15, 0.2) is 0 Å². The monoisotopic (exact) mass is 242 g/mol. The lowest BCUT2D eigenvalue weighted by atomic mass is 9.89. The van der Waals surface area contributed by atoms with E-state index >= 15 is 0 Å². The molecule has 2 fully saturated rings. The van der Waals surface area contributed by atoms with Gasteiger partial charge in [0, 0.05) is 18.8 Å². The number of hydrogen-bond acceptors (Lipinski definition) is 3. The van der Waals surface area contributed by atoms with Gasteiger partial charge >= 0.3 is 0 Å². The van der Waals surface area contributed by atoms with Crippen LogP contribution in [0, 0.1) is 0 Å². The Morgan fingerprint density at radius 3 is 2.88 bits per heavy atom. The van der Waals surface area contributed by atoms with Gasteiger partial charge in [0.2, 0.25) is 5.91 Å². The van der Waals surface area contributed by atoms with Crippen LogP contribution in [0.4, 0.5) is 0 Å². The molecule has 2 saturated heterocycles. The molecule has 2 atom stereocenters. The van der Waals surface area contributed by atoms with Crippen LogP contribution >= 0.6 is 11.8 Å². The van der Waals surface area contributed by atoms with Crippen molar-refractivity contribution in [3.8, 4) is 0 Å². The molecule has 0 aromatic carbocycles. The van der Waals surface area contributed by atoms with Gasteiger partial charge in [-0.1, -0.05) is 0 Å². The molecule has 0 bridgehead atoms. The van der Waals surface area contributed by atoms with Crippen LogP contribution in [-0.2, 0) is 4.79 Å². The summed E-state index contributed by atoms with van der Waals surface area (Å²) in [6.45, 7) is 3.04. The van der Waals surface area contributed by atoms with Crippen LogP contribution in [0.2, 0.25) is 0 Å². The van der Waals surface area contributed by atoms with Crippen molar-refractivity contribution < 1.29 is 4.79 Å². The van der Waals surface area contributed by atoms with E-state index in [1.807, 2.05) is 23.7 Å². The molecule has 0 saturated carbocycles. The second-order valence-electron chi connectivity index (χ2n) is 5.15. The Bertz CT molecular complexity index is 258. The number of thioether (sulfide) groups is 1. The molecule has 3 nitrogen and oxygen atoms in total. The number of carbonyl (C=O) groups is 1. The zero-order chi connectivity index (χ0) is 11.6. The van der Waals surface area contributed by atoms with Gasteiger partial charge in [0.1, 0.15) is 0 Å². The number of rotatable bonds is 2. The maximum absolute atomic E-state index is 12.5. The highest BCUT2D eigenvalue weighted by atomic mass is 32.2. The van der Waals surface area contributed by atoms with Crippen LogP contribution in [-0.4, -0.2) is 47.5 Å². The van der Waals surface area contributed by atoms with Crippen LogP contribution < -0.4 is 5.32 Å². The SMILES string of the molecule is CN(C(=O)C1(C)CCCCN1)C1CCSC1. The van der Waals surface area contributed by atoms with Crippen molar-refractivity contribution in [3.63, 3.8) is 0 Å². The fourth-order valence-electron chi connectivity index (χ4n) is 2.62. The summed E-state index contributed by atoms with van der Waals surface area (Å²) in [4.78, 5) is 14.4. The largest absolute Gasteiger partial charge is 0.340 e. The van der Waals surface area contributed by atoms with Crippen LogP contribution in [0.25, 0.3) is 0 Å². The van der Waals surface area contributed by atoms with Gasteiger partial charge < -0.3 is 10.2 Å². The van der Waals surface area contributed by atoms with E-state index in [0.717, 1.165) is 25.1 Å². The van der Waals surface area contributed by atoms with Crippen LogP contribution in [0.15, 0.2) is 0 Å². The minimum atomic E-state index is -0.305. The lowest BCUT2D eigenvalue weighted by molar-refractivity contribution is -0.139. The van der Waals surface area contributed by atoms with E-state index in [0.29, 0.717) is 11.9 Å². The molecule has 0 aliphatic carbocycles. The quantitative estimate of drug-likeness (QED) is 0.796. The highest BCUT2D eigenvalue weighted by molar-refractivity contribution is 7.99. The van der Waals surface area contributed by atoms with Gasteiger partial charge in [-0.05, 0) is 44.9 Å². The summed E-state index contributed by atoms with van der Waals surface area (Å²) in [7, 11) is 1.97. The predicted octanol–water partition coefficient (Wildman–Crippen LogP) is 1.48. The second-order valence-corrected chi connectivity index (χ2v) is 6.30. The van der Waals surface area contributed by atoms with Gasteiger partial charge in [0.05, 0.1) is 5.54 Å². The molecule has 2 unspecified atom stereocenters. The molecule has 2 aliphatic rings. The highest BCUT2D eigenvalue weighted by Crippen LogP contribution is 2.26. The fraction of sp³-hybridized carbons (Fsp3) is 0.917. The molecule has 1 amide bonds. The maximum Gasteiger partial charge on any atom is 0.242 e. The van der Waals surface area contributed by atoms with Crippen molar-refractivity contribution in [1.82, 2.24) is 10.2 Å². The van der Waals surface area contributed by atoms with E-state index in [-0.39, 0.29) is 5.54 Å². The first-order valence-electron chi connectivity index (χ1n) is 6.23. The number of hydrogen-bond donors (Lipinski definition) is 1. The molecule has 2 heterocycles. The van der Waals surface area contributed by atoms with Crippen LogP contribution in [0.3, 0.4) is 0 Å². The molecule has 1 N–H and O–H groups in total. The summed E-state index contributed by atoms with van der Waals surface area (Å²) in [5.74, 6) is 2.60. The van der Waals surface area contributed by atoms with E-state index in [1.54, 1.807) is 0 Å². The van der Waals surface area contributed by atoms with Gasteiger partial charge in [-0.3, -0.25) is 4.79 Å². The average molecular weight is 242 g/mol. The Morgan fingerprint density at radius 1 is 1.50 bits per heavy atom. The van der Waals surface area contributed by atoms with Gasteiger partial charge in [-0.2, -0.15) is 11.8 Å². The van der Waals surface area contributed by atoms with E-state index in [9.17, 15) is 4.79 Å². The Morgan fingerprint density at radius 2 is 2.31 bits per heavy atom. The molecule has 2 aliphatic heterocycles. The van der Waals surface area contributed by atoms with Gasteiger partial charge in [-0.15, -0.1) is 0 Å². The van der Waals surface area contributed by atoms with Crippen molar-refractivity contribution in [2.24, 2.45) is 0 Å². The Labute approximate surface area is 102 Å². The first kappa shape index (κ1) is 12.2. The molecule has 0 spiro atoms. The number of amides is 1. The van der Waals surface area contributed by atoms with Crippen molar-refractivity contribution in [3.05, 3.63) is 0 Å². The second kappa shape index (κ2) is 4.96. The lowest BCUT2D eigenvalue weighted by Gasteiger charge is -2.38. The van der Waals surface area contributed by atoms with E-state index in [1.165, 1.54) is 18.6 Å². The Hall–Kier alpha value is -0.220. The fourth-order valence-corrected chi connectivity index (χ4v) is 3.89. The molecular formula is C12H22N2OS. The van der Waals surface area contributed by atoms with Gasteiger partial charge in [0.25, 0.3) is 0 Å². The lowest BCUT2D eigenvalue weighted by Crippen LogP contribution is -2.59. The Balaban J connectivity index is 1.99. The summed E-state index contributed by atoms with van der Waals surface area (Å²) in [5, 5.41) is 3.40. The summed E-state index contributed by atoms with van der Waals surface area (Å²) in [5.41, 5.74) is -0.305. The molecule has 0 radical (unpaired) electrons. The molecule has 16 heavy (non-hydrogen) atoms. The summed E-state index contributed by atoms with van der Waals surface area (Å²) >= 11 is 1.96. The minimum Gasteiger partial charge on any atom is -0.340 e. The zero-order valence-electron chi connectivity index (χ0n) is 10.3. The molecule has 0 aromatic rings. The molecule has 92 valence electrons. The van der Waals surface area contributed by atoms with Gasteiger partial charge in [-0.25, -0.2) is 0 Å². The summed E-state index contributed by atoms with van der Waals surface area (Å²) in [6, 6.07) is 0.457. The van der Waals surface area contributed by atoms with Crippen molar-refractivity contribution in [2.45, 2.75) is 44.2 Å². The number of piperidine rings is 1. The molecular weight excluding hydrogens is 220 g/mol. The predicted molar refractivity (Wildman–Crippen MR) is 68.8 cm³/mol. The molecule has 0 aromatic heterocycles. The first-order valence-corrected chi connectivity index (χ1v) is 7.39. The third-order valence-corrected chi connectivity index (χ3v) is 5.01. The van der Waals surface area contributed by atoms with E-state index in [2.05, 4.69) is 12.2 Å². The number of nitrogens with one attached hydrogen (secondary N) is 1. The topological polar surface area (TPSA) is 32.3 Å².